The molecule has 0 aliphatic heterocycles. The zero-order valence-electron chi connectivity index (χ0n) is 2.29. The molecule has 0 aliphatic carbocycles. The van der Waals surface area contributed by atoms with Crippen LogP contribution in [0.5, 0.6) is 0 Å². The van der Waals surface area contributed by atoms with Gasteiger partial charge in [0.1, 0.15) is 0 Å². The normalized spacial score (nSPS) is 6.50. The first kappa shape index (κ1) is 4.40. The highest BCUT2D eigenvalue weighted by Gasteiger charge is 1.66. The second kappa shape index (κ2) is 1.69. The van der Waals surface area contributed by atoms with Gasteiger partial charge in [0.05, 0.1) is 0 Å². The van der Waals surface area contributed by atoms with E-state index >= 15 is 0 Å². The van der Waals surface area contributed by atoms with E-state index in [1.54, 1.807) is 22.6 Å². The van der Waals surface area contributed by atoms with Crippen LogP contribution in [0.4, 0.5) is 0 Å². The van der Waals surface area contributed by atoms with Crippen molar-refractivity contribution in [1.82, 2.24) is 0 Å². The molecular formula is C2H3IO. The van der Waals surface area contributed by atoms with Gasteiger partial charge in [-0.15, -0.1) is 0 Å². The van der Waals surface area contributed by atoms with Gasteiger partial charge in [-0.3, -0.25) is 4.79 Å². The lowest BCUT2D eigenvalue weighted by atomic mass is 11.0. The Bertz CT molecular complexity index is 29.0. The Morgan fingerprint density at radius 2 is 2.00 bits per heavy atom. The van der Waals surface area contributed by atoms with Crippen LogP contribution in [0.25, 0.3) is 0 Å². The Balaban J connectivity index is 2.80. The maximum Gasteiger partial charge on any atom is 0.189 e. The van der Waals surface area contributed by atoms with Crippen molar-refractivity contribution in [2.75, 3.05) is 0 Å². The van der Waals surface area contributed by atoms with Gasteiger partial charge in [-0.2, -0.15) is 0 Å². The first-order valence-electron chi connectivity index (χ1n) is 0.893. The first-order chi connectivity index (χ1) is 1.73. The third-order valence-corrected chi connectivity index (χ3v) is 0. The molecule has 0 atom stereocenters. The fourth-order valence-electron chi connectivity index (χ4n) is 0. The second-order valence-corrected chi connectivity index (χ2v) is 1.99. The van der Waals surface area contributed by atoms with Crippen LogP contribution in [0.1, 0.15) is 6.92 Å². The van der Waals surface area contributed by atoms with E-state index in [1.807, 2.05) is 0 Å². The van der Waals surface area contributed by atoms with Crippen LogP contribution in [-0.2, 0) is 4.79 Å². The minimum atomic E-state index is 0.137. The third kappa shape index (κ3) is 29.4. The number of hydrogen-bond donors (Lipinski definition) is 0. The molecule has 2 heteroatoms. The average Bonchev–Trinajstić information content (AvgIpc) is 0.811. The fraction of sp³-hybridized carbons (Fsp3) is 0.500. The summed E-state index contributed by atoms with van der Waals surface area (Å²) in [5, 5.41) is 0. The van der Waals surface area contributed by atoms with Gasteiger partial charge in [-0.25, -0.2) is 0 Å². The van der Waals surface area contributed by atoms with Gasteiger partial charge in [-0.1, -0.05) is 0 Å². The Morgan fingerprint density at radius 3 is 2.00 bits per heavy atom. The molecule has 0 aliphatic rings. The molecule has 0 fully saturated rings. The summed E-state index contributed by atoms with van der Waals surface area (Å²) in [6.07, 6.45) is 0. The van der Waals surface area contributed by atoms with Crippen LogP contribution >= 0.6 is 22.6 Å². The molecule has 0 N–H and O–H groups in total. The number of halogens is 1. The summed E-state index contributed by atoms with van der Waals surface area (Å²) in [5.41, 5.74) is 0. The molecule has 0 spiro atoms. The smallest absolute Gasteiger partial charge is 0.189 e. The summed E-state index contributed by atoms with van der Waals surface area (Å²) in [7, 11) is 0. The van der Waals surface area contributed by atoms with Crippen LogP contribution in [0, 0.1) is 0 Å². The Labute approximate surface area is 38.5 Å². The summed E-state index contributed by atoms with van der Waals surface area (Å²) in [5.74, 6) is 0. The first-order valence-corrected chi connectivity index (χ1v) is 1.97. The average molecular weight is 170 g/mol. The number of hydrogen-bond acceptors (Lipinski definition) is 1. The predicted octanol–water partition coefficient (Wildman–Crippen LogP) is 0.968. The lowest BCUT2D eigenvalue weighted by Gasteiger charge is -1.52. The number of carbonyl (C=O) groups excluding carboxylic acids is 1. The van der Waals surface area contributed by atoms with Crippen LogP contribution in [-0.4, -0.2) is 3.79 Å². The van der Waals surface area contributed by atoms with E-state index < -0.39 is 0 Å². The highest BCUT2D eigenvalue weighted by molar-refractivity contribution is 14.1. The van der Waals surface area contributed by atoms with E-state index in [-0.39, 0.29) is 3.79 Å². The molecule has 0 aromatic carbocycles. The Kier molecular flexibility index (Phi) is 1.86. The highest BCUT2D eigenvalue weighted by Crippen LogP contribution is 1.76. The van der Waals surface area contributed by atoms with Crippen LogP contribution < -0.4 is 0 Å². The molecule has 0 radical (unpaired) electrons. The maximum absolute atomic E-state index is 9.43. The molecule has 0 aromatic rings. The molecule has 24 valence electrons. The SMILES string of the molecule is CC(=O)I. The molecule has 0 heterocycles. The summed E-state index contributed by atoms with van der Waals surface area (Å²) in [6.45, 7) is 1.51. The molecule has 4 heavy (non-hydrogen) atoms. The van der Waals surface area contributed by atoms with Crippen molar-refractivity contribution >= 4 is 26.4 Å². The summed E-state index contributed by atoms with van der Waals surface area (Å²) in [6, 6.07) is 0. The fourth-order valence-corrected chi connectivity index (χ4v) is 0. The minimum absolute atomic E-state index is 0.137. The Hall–Kier alpha value is 0.400. The standard InChI is InChI=1S/C2H3IO/c1-2(3)4/h1H3. The summed E-state index contributed by atoms with van der Waals surface area (Å²) in [4.78, 5) is 9.43. The van der Waals surface area contributed by atoms with E-state index in [1.165, 1.54) is 6.92 Å². The van der Waals surface area contributed by atoms with Gasteiger partial charge >= 0.3 is 0 Å². The van der Waals surface area contributed by atoms with E-state index in [0.717, 1.165) is 0 Å². The second-order valence-electron chi connectivity index (χ2n) is 0.470. The third-order valence-electron chi connectivity index (χ3n) is 0. The van der Waals surface area contributed by atoms with Gasteiger partial charge in [0, 0.05) is 6.92 Å². The van der Waals surface area contributed by atoms with Crippen LogP contribution in [0.3, 0.4) is 0 Å². The molecule has 0 aromatic heterocycles. The quantitative estimate of drug-likeness (QED) is 0.391. The van der Waals surface area contributed by atoms with Crippen molar-refractivity contribution < 1.29 is 4.79 Å². The van der Waals surface area contributed by atoms with Gasteiger partial charge in [0.25, 0.3) is 0 Å². The molecule has 1 nitrogen and oxygen atoms in total. The lowest BCUT2D eigenvalue weighted by molar-refractivity contribution is -0.107. The van der Waals surface area contributed by atoms with E-state index in [2.05, 4.69) is 0 Å². The van der Waals surface area contributed by atoms with Gasteiger partial charge < -0.3 is 0 Å². The molecule has 0 rings (SSSR count). The lowest BCUT2D eigenvalue weighted by Crippen LogP contribution is -1.60. The van der Waals surface area contributed by atoms with E-state index in [0.29, 0.717) is 0 Å². The number of rotatable bonds is 0. The molecule has 0 amide bonds. The van der Waals surface area contributed by atoms with Crippen LogP contribution in [0.2, 0.25) is 0 Å². The van der Waals surface area contributed by atoms with E-state index in [9.17, 15) is 4.79 Å². The van der Waals surface area contributed by atoms with Crippen molar-refractivity contribution in [2.45, 2.75) is 6.92 Å². The zero-order valence-corrected chi connectivity index (χ0v) is 4.44. The summed E-state index contributed by atoms with van der Waals surface area (Å²) >= 11 is 1.70. The summed E-state index contributed by atoms with van der Waals surface area (Å²) < 4.78 is 0.137. The molecule has 0 unspecified atom stereocenters. The highest BCUT2D eigenvalue weighted by atomic mass is 127. The van der Waals surface area contributed by atoms with Gasteiger partial charge in [0.15, 0.2) is 3.79 Å². The molecule has 0 saturated heterocycles. The molecule has 0 saturated carbocycles. The molecule has 0 bridgehead atoms. The van der Waals surface area contributed by atoms with Crippen LogP contribution in [0.15, 0.2) is 0 Å². The number of carbonyl (C=O) groups is 1. The maximum atomic E-state index is 9.43. The molecular weight excluding hydrogens is 167 g/mol. The van der Waals surface area contributed by atoms with Crippen molar-refractivity contribution in [3.05, 3.63) is 0 Å². The minimum Gasteiger partial charge on any atom is -0.288 e. The zero-order chi connectivity index (χ0) is 3.58. The monoisotopic (exact) mass is 170 g/mol. The van der Waals surface area contributed by atoms with E-state index in [4.69, 9.17) is 0 Å². The van der Waals surface area contributed by atoms with Gasteiger partial charge in [-0.05, 0) is 22.6 Å². The largest absolute Gasteiger partial charge is 0.288 e. The Morgan fingerprint density at radius 1 is 2.00 bits per heavy atom. The van der Waals surface area contributed by atoms with Gasteiger partial charge in [0.2, 0.25) is 0 Å². The topological polar surface area (TPSA) is 17.1 Å². The van der Waals surface area contributed by atoms with Crippen molar-refractivity contribution in [3.63, 3.8) is 0 Å². The van der Waals surface area contributed by atoms with Crippen molar-refractivity contribution in [2.24, 2.45) is 0 Å². The predicted molar refractivity (Wildman–Crippen MR) is 24.7 cm³/mol. The van der Waals surface area contributed by atoms with Crippen molar-refractivity contribution in [3.8, 4) is 0 Å². The van der Waals surface area contributed by atoms with Crippen molar-refractivity contribution in [1.29, 1.82) is 0 Å².